The summed E-state index contributed by atoms with van der Waals surface area (Å²) in [5, 5.41) is 33.5. The Balaban J connectivity index is 0.00000179. The molecule has 18 nitrogen and oxygen atoms in total. The number of hydrogen-bond acceptors (Lipinski definition) is 9. The Bertz CT molecular complexity index is 2040. The van der Waals surface area contributed by atoms with Gasteiger partial charge in [-0.2, -0.15) is 13.2 Å². The Morgan fingerprint density at radius 3 is 1.79 bits per heavy atom. The standard InChI is InChI=1S/C40H56N8O8.C2HF3O2/c1-22(2)33(41)38(53)45-25(6)35(50)46-30(20-27-21-43-29-16-11-10-15-28(27)29)37(52)42-18-12-17-32(49)44-24(5)36(51)48-34(23(3)4)39(54)47-31(40(55)56)19-26-13-8-7-9-14-26;3-2(4,5)1(6)7/h7-11,13-16,21-25,30-31,33-34,43H,12,17-20,41H2,1-6H3,(H,42,52)(H,44,49)(H,45,53)(H,46,50)(H,47,54)(H,48,51)(H,55,56);(H,6,7)/t24-,25-,30-,31+,33-,34-;/m1./s1. The van der Waals surface area contributed by atoms with E-state index in [0.717, 1.165) is 22.0 Å². The fraction of sp³-hybridized carbons (Fsp3) is 0.476. The molecule has 0 fully saturated rings. The summed E-state index contributed by atoms with van der Waals surface area (Å²) in [6.45, 7) is 10.0. The zero-order valence-corrected chi connectivity index (χ0v) is 35.8. The summed E-state index contributed by atoms with van der Waals surface area (Å²) in [7, 11) is 0. The molecule has 6 amide bonds. The molecule has 3 aromatic rings. The van der Waals surface area contributed by atoms with Crippen molar-refractivity contribution < 1.29 is 61.7 Å². The molecule has 0 unspecified atom stereocenters. The third-order valence-corrected chi connectivity index (χ3v) is 9.54. The number of nitrogens with one attached hydrogen (secondary N) is 7. The lowest BCUT2D eigenvalue weighted by atomic mass is 10.0. The SMILES string of the molecule is CC(C)[C@@H](N)C(=O)N[C@H](C)C(=O)N[C@H](Cc1c[nH]c2ccccc12)C(=O)NCCCC(=O)N[C@H](C)C(=O)N[C@@H](C(=O)N[C@@H](Cc1ccccc1)C(=O)O)C(C)C.O=C(O)C(F)(F)F. The maximum Gasteiger partial charge on any atom is 0.490 e. The average molecular weight is 891 g/mol. The molecular weight excluding hydrogens is 834 g/mol. The van der Waals surface area contributed by atoms with Gasteiger partial charge in [0.25, 0.3) is 0 Å². The van der Waals surface area contributed by atoms with Crippen LogP contribution in [0.5, 0.6) is 0 Å². The Labute approximate surface area is 362 Å². The van der Waals surface area contributed by atoms with Crippen molar-refractivity contribution in [1.82, 2.24) is 36.9 Å². The van der Waals surface area contributed by atoms with Crippen LogP contribution in [0, 0.1) is 11.8 Å². The van der Waals surface area contributed by atoms with Crippen molar-refractivity contribution in [3.8, 4) is 0 Å². The van der Waals surface area contributed by atoms with Gasteiger partial charge in [-0.1, -0.05) is 76.2 Å². The Morgan fingerprint density at radius 1 is 0.667 bits per heavy atom. The molecule has 0 aliphatic carbocycles. The first-order valence-corrected chi connectivity index (χ1v) is 20.1. The van der Waals surface area contributed by atoms with E-state index in [4.69, 9.17) is 15.6 Å². The minimum Gasteiger partial charge on any atom is -0.480 e. The van der Waals surface area contributed by atoms with Crippen LogP contribution in [0.3, 0.4) is 0 Å². The highest BCUT2D eigenvalue weighted by atomic mass is 19.4. The van der Waals surface area contributed by atoms with E-state index in [-0.39, 0.29) is 38.1 Å². The van der Waals surface area contributed by atoms with Crippen LogP contribution in [0.1, 0.15) is 65.5 Å². The zero-order valence-electron chi connectivity index (χ0n) is 35.8. The molecule has 1 aromatic heterocycles. The fourth-order valence-corrected chi connectivity index (χ4v) is 5.79. The van der Waals surface area contributed by atoms with Crippen molar-refractivity contribution in [2.45, 2.75) is 110 Å². The second-order valence-corrected chi connectivity index (χ2v) is 15.4. The van der Waals surface area contributed by atoms with Crippen molar-refractivity contribution in [2.24, 2.45) is 17.6 Å². The molecule has 21 heteroatoms. The van der Waals surface area contributed by atoms with E-state index in [2.05, 4.69) is 36.9 Å². The number of para-hydroxylation sites is 1. The van der Waals surface area contributed by atoms with E-state index in [9.17, 15) is 51.8 Å². The normalized spacial score (nSPS) is 14.1. The summed E-state index contributed by atoms with van der Waals surface area (Å²) in [4.78, 5) is 102. The monoisotopic (exact) mass is 890 g/mol. The van der Waals surface area contributed by atoms with Crippen molar-refractivity contribution in [2.75, 3.05) is 6.54 Å². The van der Waals surface area contributed by atoms with Gasteiger partial charge in [0, 0.05) is 42.9 Å². The third-order valence-electron chi connectivity index (χ3n) is 9.54. The maximum atomic E-state index is 13.4. The fourth-order valence-electron chi connectivity index (χ4n) is 5.79. The summed E-state index contributed by atoms with van der Waals surface area (Å²) in [5.41, 5.74) is 8.29. The number of H-pyrrole nitrogens is 1. The minimum atomic E-state index is -5.08. The van der Waals surface area contributed by atoms with Crippen LogP contribution < -0.4 is 37.6 Å². The minimum absolute atomic E-state index is 0.0512. The van der Waals surface area contributed by atoms with Crippen LogP contribution in [0.25, 0.3) is 10.9 Å². The van der Waals surface area contributed by atoms with Gasteiger partial charge < -0.3 is 52.8 Å². The Morgan fingerprint density at radius 2 is 1.22 bits per heavy atom. The highest BCUT2D eigenvalue weighted by Crippen LogP contribution is 2.19. The number of hydrogen-bond donors (Lipinski definition) is 10. The van der Waals surface area contributed by atoms with Gasteiger partial charge >= 0.3 is 18.1 Å². The number of aromatic nitrogens is 1. The number of fused-ring (bicyclic) bond motifs is 1. The number of halogens is 3. The number of carbonyl (C=O) groups excluding carboxylic acids is 6. The van der Waals surface area contributed by atoms with E-state index in [0.29, 0.717) is 0 Å². The Hall–Kier alpha value is -6.51. The quantitative estimate of drug-likeness (QED) is 0.0687. The van der Waals surface area contributed by atoms with Crippen LogP contribution >= 0.6 is 0 Å². The van der Waals surface area contributed by atoms with Gasteiger partial charge in [-0.25, -0.2) is 9.59 Å². The predicted octanol–water partition coefficient (Wildman–Crippen LogP) is 1.67. The van der Waals surface area contributed by atoms with Crippen LogP contribution in [0.15, 0.2) is 60.8 Å². The summed E-state index contributed by atoms with van der Waals surface area (Å²) in [6.07, 6.45) is -2.97. The molecule has 63 heavy (non-hydrogen) atoms. The second kappa shape index (κ2) is 24.8. The number of carbonyl (C=O) groups is 8. The first-order chi connectivity index (χ1) is 29.4. The topological polar surface area (TPSA) is 291 Å². The molecule has 0 spiro atoms. The van der Waals surface area contributed by atoms with Gasteiger partial charge in [0.05, 0.1) is 6.04 Å². The molecule has 0 radical (unpaired) electrons. The van der Waals surface area contributed by atoms with E-state index < -0.39 is 95.7 Å². The smallest absolute Gasteiger partial charge is 0.480 e. The third kappa shape index (κ3) is 17.8. The highest BCUT2D eigenvalue weighted by Gasteiger charge is 2.38. The van der Waals surface area contributed by atoms with Crippen molar-refractivity contribution >= 4 is 58.3 Å². The molecule has 3 rings (SSSR count). The molecule has 6 atom stereocenters. The van der Waals surface area contributed by atoms with Crippen LogP contribution in [0.4, 0.5) is 13.2 Å². The Kier molecular flexibility index (Phi) is 20.7. The zero-order chi connectivity index (χ0) is 47.6. The number of aliphatic carboxylic acids is 2. The number of aromatic amines is 1. The van der Waals surface area contributed by atoms with Crippen LogP contribution in [0.2, 0.25) is 0 Å². The molecule has 0 aliphatic rings. The number of carboxylic acids is 2. The molecule has 1 heterocycles. The van der Waals surface area contributed by atoms with Gasteiger partial charge in [-0.3, -0.25) is 28.8 Å². The van der Waals surface area contributed by atoms with Gasteiger partial charge in [-0.05, 0) is 49.3 Å². The lowest BCUT2D eigenvalue weighted by Crippen LogP contribution is -2.57. The van der Waals surface area contributed by atoms with E-state index in [1.807, 2.05) is 24.3 Å². The average Bonchev–Trinajstić information content (AvgIpc) is 3.62. The molecule has 2 aromatic carbocycles. The van der Waals surface area contributed by atoms with Crippen molar-refractivity contribution in [3.63, 3.8) is 0 Å². The number of benzene rings is 2. The number of rotatable bonds is 21. The van der Waals surface area contributed by atoms with E-state index >= 15 is 0 Å². The van der Waals surface area contributed by atoms with Gasteiger partial charge in [0.2, 0.25) is 35.4 Å². The summed E-state index contributed by atoms with van der Waals surface area (Å²) in [5.74, 6) is -7.86. The molecule has 346 valence electrons. The van der Waals surface area contributed by atoms with Crippen molar-refractivity contribution in [3.05, 3.63) is 71.9 Å². The van der Waals surface area contributed by atoms with Gasteiger partial charge in [-0.15, -0.1) is 0 Å². The van der Waals surface area contributed by atoms with E-state index in [1.54, 1.807) is 64.2 Å². The van der Waals surface area contributed by atoms with Crippen molar-refractivity contribution in [1.29, 1.82) is 0 Å². The largest absolute Gasteiger partial charge is 0.490 e. The van der Waals surface area contributed by atoms with Gasteiger partial charge in [0.1, 0.15) is 30.2 Å². The summed E-state index contributed by atoms with van der Waals surface area (Å²) >= 11 is 0. The maximum absolute atomic E-state index is 13.4. The molecule has 11 N–H and O–H groups in total. The molecule has 0 aliphatic heterocycles. The van der Waals surface area contributed by atoms with Crippen LogP contribution in [-0.2, 0) is 51.2 Å². The first kappa shape index (κ1) is 52.6. The lowest BCUT2D eigenvalue weighted by molar-refractivity contribution is -0.192. The number of alkyl halides is 3. The highest BCUT2D eigenvalue weighted by molar-refractivity contribution is 5.95. The molecule has 0 saturated carbocycles. The summed E-state index contributed by atoms with van der Waals surface area (Å²) < 4.78 is 31.7. The van der Waals surface area contributed by atoms with Gasteiger partial charge in [0.15, 0.2) is 0 Å². The molecule has 0 saturated heterocycles. The predicted molar refractivity (Wildman–Crippen MR) is 224 cm³/mol. The first-order valence-electron chi connectivity index (χ1n) is 20.1. The summed E-state index contributed by atoms with van der Waals surface area (Å²) in [6, 6.07) is 10.2. The van der Waals surface area contributed by atoms with E-state index in [1.165, 1.54) is 13.8 Å². The van der Waals surface area contributed by atoms with Crippen LogP contribution in [-0.4, -0.2) is 112 Å². The number of nitrogens with two attached hydrogens (primary N) is 1. The molecule has 0 bridgehead atoms. The number of carboxylic acid groups (broad SMARTS) is 2. The molecular formula is C42H57F3N8O10. The number of amides is 6. The lowest BCUT2D eigenvalue weighted by Gasteiger charge is -2.25. The second-order valence-electron chi connectivity index (χ2n) is 15.4.